The lowest BCUT2D eigenvalue weighted by atomic mass is 9.82. The van der Waals surface area contributed by atoms with Crippen LogP contribution in [0.4, 0.5) is 18.9 Å². The number of halogens is 4. The van der Waals surface area contributed by atoms with Crippen LogP contribution in [-0.2, 0) is 4.79 Å². The summed E-state index contributed by atoms with van der Waals surface area (Å²) in [6, 6.07) is 5.87. The van der Waals surface area contributed by atoms with Crippen molar-refractivity contribution in [2.75, 3.05) is 25.0 Å². The average molecular weight is 353 g/mol. The molecule has 2 rings (SSSR count). The summed E-state index contributed by atoms with van der Waals surface area (Å²) in [5, 5.41) is 5.99. The molecular weight excluding hydrogens is 333 g/mol. The van der Waals surface area contributed by atoms with Gasteiger partial charge in [0.2, 0.25) is 5.91 Å². The molecular formula is C15H20ClF3N2O2. The minimum absolute atomic E-state index is 0. The maximum atomic E-state index is 12.3. The fourth-order valence-corrected chi connectivity index (χ4v) is 2.33. The van der Waals surface area contributed by atoms with Gasteiger partial charge in [-0.2, -0.15) is 13.2 Å². The molecule has 1 fully saturated rings. The van der Waals surface area contributed by atoms with Gasteiger partial charge >= 0.3 is 6.18 Å². The van der Waals surface area contributed by atoms with Gasteiger partial charge in [-0.1, -0.05) is 0 Å². The molecule has 1 saturated heterocycles. The summed E-state index contributed by atoms with van der Waals surface area (Å²) in [4.78, 5) is 12.3. The van der Waals surface area contributed by atoms with Crippen molar-refractivity contribution in [2.24, 2.45) is 5.41 Å². The van der Waals surface area contributed by atoms with Crippen molar-refractivity contribution < 1.29 is 22.7 Å². The molecule has 0 aromatic heterocycles. The third kappa shape index (κ3) is 5.91. The topological polar surface area (TPSA) is 50.4 Å². The van der Waals surface area contributed by atoms with Gasteiger partial charge in [0.25, 0.3) is 0 Å². The first-order chi connectivity index (χ1) is 10.3. The van der Waals surface area contributed by atoms with Crippen LogP contribution < -0.4 is 15.4 Å². The van der Waals surface area contributed by atoms with Gasteiger partial charge in [-0.05, 0) is 50.6 Å². The van der Waals surface area contributed by atoms with Crippen LogP contribution in [0.1, 0.15) is 19.8 Å². The number of anilines is 1. The van der Waals surface area contributed by atoms with Gasteiger partial charge in [-0.15, -0.1) is 12.4 Å². The van der Waals surface area contributed by atoms with Gasteiger partial charge in [0.15, 0.2) is 6.61 Å². The van der Waals surface area contributed by atoms with E-state index in [1.54, 1.807) is 0 Å². The Kier molecular flexibility index (Phi) is 6.70. The fourth-order valence-electron chi connectivity index (χ4n) is 2.33. The highest BCUT2D eigenvalue weighted by Gasteiger charge is 2.34. The van der Waals surface area contributed by atoms with Gasteiger partial charge in [0.1, 0.15) is 5.75 Å². The van der Waals surface area contributed by atoms with Crippen molar-refractivity contribution in [3.63, 3.8) is 0 Å². The third-order valence-corrected chi connectivity index (χ3v) is 3.66. The maximum absolute atomic E-state index is 12.3. The molecule has 1 atom stereocenters. The van der Waals surface area contributed by atoms with E-state index in [4.69, 9.17) is 0 Å². The van der Waals surface area contributed by atoms with Crippen LogP contribution in [0, 0.1) is 5.41 Å². The monoisotopic (exact) mass is 352 g/mol. The summed E-state index contributed by atoms with van der Waals surface area (Å²) >= 11 is 0. The number of rotatable bonds is 4. The molecule has 0 aliphatic carbocycles. The van der Waals surface area contributed by atoms with E-state index in [0.29, 0.717) is 12.2 Å². The number of hydrogen-bond acceptors (Lipinski definition) is 3. The van der Waals surface area contributed by atoms with E-state index < -0.39 is 18.2 Å². The summed E-state index contributed by atoms with van der Waals surface area (Å²) in [6.45, 7) is 2.09. The Balaban J connectivity index is 0.00000264. The lowest BCUT2D eigenvalue weighted by Gasteiger charge is -2.32. The molecule has 1 aromatic carbocycles. The van der Waals surface area contributed by atoms with E-state index in [-0.39, 0.29) is 24.1 Å². The molecule has 8 heteroatoms. The molecule has 1 unspecified atom stereocenters. The van der Waals surface area contributed by atoms with Crippen LogP contribution in [0.15, 0.2) is 24.3 Å². The van der Waals surface area contributed by atoms with E-state index >= 15 is 0 Å². The lowest BCUT2D eigenvalue weighted by Crippen LogP contribution is -2.46. The second-order valence-corrected chi connectivity index (χ2v) is 5.72. The fraction of sp³-hybridized carbons (Fsp3) is 0.533. The summed E-state index contributed by atoms with van der Waals surface area (Å²) in [5.41, 5.74) is 0.0696. The number of amides is 1. The van der Waals surface area contributed by atoms with Crippen molar-refractivity contribution in [3.05, 3.63) is 24.3 Å². The largest absolute Gasteiger partial charge is 0.484 e. The molecule has 0 spiro atoms. The smallest absolute Gasteiger partial charge is 0.422 e. The lowest BCUT2D eigenvalue weighted by molar-refractivity contribution is -0.153. The van der Waals surface area contributed by atoms with Crippen molar-refractivity contribution >= 4 is 24.0 Å². The summed E-state index contributed by atoms with van der Waals surface area (Å²) in [5.74, 6) is 0.0181. The number of ether oxygens (including phenoxy) is 1. The maximum Gasteiger partial charge on any atom is 0.422 e. The highest BCUT2D eigenvalue weighted by atomic mass is 35.5. The summed E-state index contributed by atoms with van der Waals surface area (Å²) in [6.07, 6.45) is -2.62. The molecule has 0 radical (unpaired) electrons. The van der Waals surface area contributed by atoms with Gasteiger partial charge in [0.05, 0.1) is 5.41 Å². The number of carbonyl (C=O) groups excluding carboxylic acids is 1. The number of hydrogen-bond donors (Lipinski definition) is 2. The number of alkyl halides is 3. The first-order valence-corrected chi connectivity index (χ1v) is 7.10. The van der Waals surface area contributed by atoms with Gasteiger partial charge in [-0.3, -0.25) is 4.79 Å². The highest BCUT2D eigenvalue weighted by molar-refractivity contribution is 5.95. The Morgan fingerprint density at radius 1 is 1.35 bits per heavy atom. The van der Waals surface area contributed by atoms with Crippen LogP contribution in [-0.4, -0.2) is 31.8 Å². The summed E-state index contributed by atoms with van der Waals surface area (Å²) in [7, 11) is 0. The highest BCUT2D eigenvalue weighted by Crippen LogP contribution is 2.28. The van der Waals surface area contributed by atoms with Crippen LogP contribution in [0.2, 0.25) is 0 Å². The molecule has 1 aliphatic rings. The van der Waals surface area contributed by atoms with Crippen LogP contribution >= 0.6 is 12.4 Å². The normalized spacial score (nSPS) is 21.2. The SMILES string of the molecule is CC1(C(=O)Nc2ccc(OCC(F)(F)F)cc2)CCCNC1.Cl. The molecule has 0 saturated carbocycles. The number of carbonyl (C=O) groups is 1. The Hall–Kier alpha value is -1.47. The molecule has 1 aliphatic heterocycles. The quantitative estimate of drug-likeness (QED) is 0.873. The first kappa shape index (κ1) is 19.6. The third-order valence-electron chi connectivity index (χ3n) is 3.66. The Morgan fingerprint density at radius 2 is 2.00 bits per heavy atom. The van der Waals surface area contributed by atoms with Gasteiger partial charge in [0, 0.05) is 12.2 Å². The van der Waals surface area contributed by atoms with E-state index in [2.05, 4.69) is 15.4 Å². The van der Waals surface area contributed by atoms with E-state index in [1.807, 2.05) is 6.92 Å². The number of nitrogens with one attached hydrogen (secondary N) is 2. The van der Waals surface area contributed by atoms with E-state index in [9.17, 15) is 18.0 Å². The zero-order valence-electron chi connectivity index (χ0n) is 12.7. The molecule has 130 valence electrons. The van der Waals surface area contributed by atoms with Crippen molar-refractivity contribution in [1.82, 2.24) is 5.32 Å². The first-order valence-electron chi connectivity index (χ1n) is 7.10. The molecule has 4 nitrogen and oxygen atoms in total. The Bertz CT molecular complexity index is 514. The van der Waals surface area contributed by atoms with Gasteiger partial charge < -0.3 is 15.4 Å². The molecule has 1 amide bonds. The summed E-state index contributed by atoms with van der Waals surface area (Å²) < 4.78 is 40.8. The molecule has 2 N–H and O–H groups in total. The van der Waals surface area contributed by atoms with Crippen molar-refractivity contribution in [1.29, 1.82) is 0 Å². The number of piperidine rings is 1. The predicted octanol–water partition coefficient (Wildman–Crippen LogP) is 3.38. The molecule has 1 heterocycles. The molecule has 23 heavy (non-hydrogen) atoms. The second kappa shape index (κ2) is 7.88. The van der Waals surface area contributed by atoms with E-state index in [0.717, 1.165) is 19.4 Å². The Morgan fingerprint density at radius 3 is 2.52 bits per heavy atom. The zero-order valence-corrected chi connectivity index (χ0v) is 13.5. The second-order valence-electron chi connectivity index (χ2n) is 5.72. The predicted molar refractivity (Wildman–Crippen MR) is 84.1 cm³/mol. The van der Waals surface area contributed by atoms with Crippen LogP contribution in [0.25, 0.3) is 0 Å². The van der Waals surface area contributed by atoms with Crippen LogP contribution in [0.3, 0.4) is 0 Å². The van der Waals surface area contributed by atoms with Crippen molar-refractivity contribution in [2.45, 2.75) is 25.9 Å². The zero-order chi connectivity index (χ0) is 16.2. The Labute approximate surface area is 139 Å². The average Bonchev–Trinajstić information content (AvgIpc) is 2.46. The van der Waals surface area contributed by atoms with Gasteiger partial charge in [-0.25, -0.2) is 0 Å². The molecule has 1 aromatic rings. The standard InChI is InChI=1S/C15H19F3N2O2.ClH/c1-14(7-2-8-19-9-14)13(21)20-11-3-5-12(6-4-11)22-10-15(16,17)18;/h3-6,19H,2,7-10H2,1H3,(H,20,21);1H. The molecule has 0 bridgehead atoms. The minimum Gasteiger partial charge on any atom is -0.484 e. The van der Waals surface area contributed by atoms with E-state index in [1.165, 1.54) is 24.3 Å². The van der Waals surface area contributed by atoms with Crippen molar-refractivity contribution in [3.8, 4) is 5.75 Å². The van der Waals surface area contributed by atoms with Crippen LogP contribution in [0.5, 0.6) is 5.75 Å². The minimum atomic E-state index is -4.37. The number of benzene rings is 1.